The van der Waals surface area contributed by atoms with E-state index in [-0.39, 0.29) is 11.7 Å². The second-order valence-corrected chi connectivity index (χ2v) is 4.90. The summed E-state index contributed by atoms with van der Waals surface area (Å²) in [5.74, 6) is 0.937. The van der Waals surface area contributed by atoms with Crippen LogP contribution in [-0.2, 0) is 0 Å². The Morgan fingerprint density at radius 3 is 2.76 bits per heavy atom. The van der Waals surface area contributed by atoms with E-state index in [4.69, 9.17) is 4.74 Å². The van der Waals surface area contributed by atoms with Gasteiger partial charge in [0.15, 0.2) is 0 Å². The van der Waals surface area contributed by atoms with Crippen molar-refractivity contribution < 1.29 is 14.2 Å². The SMILES string of the molecule is COc1ccc(F)cc1C(O)C1CCCC1C. The van der Waals surface area contributed by atoms with E-state index in [2.05, 4.69) is 6.92 Å². The van der Waals surface area contributed by atoms with Crippen LogP contribution in [0.25, 0.3) is 0 Å². The largest absolute Gasteiger partial charge is 0.496 e. The van der Waals surface area contributed by atoms with Crippen LogP contribution in [0.4, 0.5) is 4.39 Å². The first-order chi connectivity index (χ1) is 8.13. The highest BCUT2D eigenvalue weighted by Gasteiger charge is 2.32. The molecule has 1 aromatic carbocycles. The predicted molar refractivity (Wildman–Crippen MR) is 64.4 cm³/mol. The molecule has 3 atom stereocenters. The molecule has 0 bridgehead atoms. The van der Waals surface area contributed by atoms with Crippen LogP contribution < -0.4 is 4.74 Å². The molecule has 0 aliphatic heterocycles. The Balaban J connectivity index is 2.28. The van der Waals surface area contributed by atoms with Gasteiger partial charge in [0.25, 0.3) is 0 Å². The normalized spacial score (nSPS) is 25.9. The first-order valence-corrected chi connectivity index (χ1v) is 6.15. The molecule has 0 aromatic heterocycles. The summed E-state index contributed by atoms with van der Waals surface area (Å²) in [6, 6.07) is 4.31. The van der Waals surface area contributed by atoms with Gasteiger partial charge in [-0.3, -0.25) is 0 Å². The number of rotatable bonds is 3. The predicted octanol–water partition coefficient (Wildman–Crippen LogP) is 3.30. The van der Waals surface area contributed by atoms with Gasteiger partial charge in [-0.2, -0.15) is 0 Å². The summed E-state index contributed by atoms with van der Waals surface area (Å²) in [5.41, 5.74) is 0.575. The topological polar surface area (TPSA) is 29.5 Å². The van der Waals surface area contributed by atoms with Crippen molar-refractivity contribution in [3.8, 4) is 5.75 Å². The van der Waals surface area contributed by atoms with Crippen molar-refractivity contribution in [2.24, 2.45) is 11.8 Å². The van der Waals surface area contributed by atoms with Crippen molar-refractivity contribution >= 4 is 0 Å². The van der Waals surface area contributed by atoms with Crippen LogP contribution in [0.5, 0.6) is 5.75 Å². The highest BCUT2D eigenvalue weighted by molar-refractivity contribution is 5.36. The highest BCUT2D eigenvalue weighted by atomic mass is 19.1. The summed E-state index contributed by atoms with van der Waals surface area (Å²) in [5, 5.41) is 10.4. The van der Waals surface area contributed by atoms with Crippen LogP contribution in [0, 0.1) is 17.7 Å². The van der Waals surface area contributed by atoms with E-state index >= 15 is 0 Å². The lowest BCUT2D eigenvalue weighted by Gasteiger charge is -2.24. The van der Waals surface area contributed by atoms with Crippen LogP contribution in [0.2, 0.25) is 0 Å². The summed E-state index contributed by atoms with van der Waals surface area (Å²) in [6.07, 6.45) is 2.65. The number of halogens is 1. The molecule has 2 nitrogen and oxygen atoms in total. The number of methoxy groups -OCH3 is 1. The molecular weight excluding hydrogens is 219 g/mol. The first kappa shape index (κ1) is 12.4. The van der Waals surface area contributed by atoms with Crippen LogP contribution in [-0.4, -0.2) is 12.2 Å². The van der Waals surface area contributed by atoms with E-state index in [1.165, 1.54) is 12.1 Å². The number of hydrogen-bond acceptors (Lipinski definition) is 2. The molecule has 3 heteroatoms. The summed E-state index contributed by atoms with van der Waals surface area (Å²) in [4.78, 5) is 0. The second kappa shape index (κ2) is 5.05. The molecule has 0 spiro atoms. The van der Waals surface area contributed by atoms with E-state index in [0.717, 1.165) is 19.3 Å². The van der Waals surface area contributed by atoms with E-state index in [9.17, 15) is 9.50 Å². The minimum Gasteiger partial charge on any atom is -0.496 e. The van der Waals surface area contributed by atoms with Gasteiger partial charge in [-0.25, -0.2) is 4.39 Å². The minimum atomic E-state index is -0.627. The lowest BCUT2D eigenvalue weighted by molar-refractivity contribution is 0.0872. The minimum absolute atomic E-state index is 0.214. The molecule has 94 valence electrons. The standard InChI is InChI=1S/C14H19FO2/c1-9-4-3-5-11(9)14(16)12-8-10(15)6-7-13(12)17-2/h6-9,11,14,16H,3-5H2,1-2H3. The van der Waals surface area contributed by atoms with Gasteiger partial charge in [-0.15, -0.1) is 0 Å². The third-order valence-electron chi connectivity index (χ3n) is 3.84. The van der Waals surface area contributed by atoms with E-state index < -0.39 is 6.10 Å². The van der Waals surface area contributed by atoms with E-state index in [1.54, 1.807) is 13.2 Å². The van der Waals surface area contributed by atoms with Crippen LogP contribution >= 0.6 is 0 Å². The van der Waals surface area contributed by atoms with Crippen molar-refractivity contribution in [1.82, 2.24) is 0 Å². The van der Waals surface area contributed by atoms with Crippen molar-refractivity contribution in [3.05, 3.63) is 29.6 Å². The Labute approximate surface area is 101 Å². The highest BCUT2D eigenvalue weighted by Crippen LogP contribution is 2.42. The monoisotopic (exact) mass is 238 g/mol. The zero-order valence-electron chi connectivity index (χ0n) is 10.3. The Kier molecular flexibility index (Phi) is 3.67. The van der Waals surface area contributed by atoms with Gasteiger partial charge >= 0.3 is 0 Å². The molecule has 3 unspecified atom stereocenters. The molecule has 1 aliphatic rings. The van der Waals surface area contributed by atoms with Crippen LogP contribution in [0.3, 0.4) is 0 Å². The Morgan fingerprint density at radius 1 is 1.41 bits per heavy atom. The maximum absolute atomic E-state index is 13.3. The molecule has 17 heavy (non-hydrogen) atoms. The van der Waals surface area contributed by atoms with Gasteiger partial charge in [0.05, 0.1) is 13.2 Å². The third-order valence-corrected chi connectivity index (χ3v) is 3.84. The molecule has 1 aromatic rings. The van der Waals surface area contributed by atoms with E-state index in [1.807, 2.05) is 0 Å². The molecule has 2 rings (SSSR count). The summed E-state index contributed by atoms with van der Waals surface area (Å²) < 4.78 is 18.5. The molecular formula is C14H19FO2. The quantitative estimate of drug-likeness (QED) is 0.875. The molecule has 0 amide bonds. The second-order valence-electron chi connectivity index (χ2n) is 4.90. The zero-order chi connectivity index (χ0) is 12.4. The van der Waals surface area contributed by atoms with Crippen molar-refractivity contribution in [2.45, 2.75) is 32.3 Å². The fourth-order valence-electron chi connectivity index (χ4n) is 2.81. The molecule has 0 heterocycles. The van der Waals surface area contributed by atoms with Gasteiger partial charge in [0, 0.05) is 5.56 Å². The van der Waals surface area contributed by atoms with Gasteiger partial charge in [-0.05, 0) is 36.5 Å². The maximum atomic E-state index is 13.3. The molecule has 1 saturated carbocycles. The average Bonchev–Trinajstić information content (AvgIpc) is 2.74. The number of benzene rings is 1. The van der Waals surface area contributed by atoms with E-state index in [0.29, 0.717) is 17.2 Å². The fraction of sp³-hybridized carbons (Fsp3) is 0.571. The lowest BCUT2D eigenvalue weighted by atomic mass is 9.87. The summed E-state index contributed by atoms with van der Waals surface area (Å²) in [6.45, 7) is 2.15. The summed E-state index contributed by atoms with van der Waals surface area (Å²) >= 11 is 0. The van der Waals surface area contributed by atoms with Crippen LogP contribution in [0.1, 0.15) is 37.9 Å². The number of aliphatic hydroxyl groups is 1. The average molecular weight is 238 g/mol. The Morgan fingerprint density at radius 2 is 2.18 bits per heavy atom. The van der Waals surface area contributed by atoms with Crippen molar-refractivity contribution in [3.63, 3.8) is 0 Å². The summed E-state index contributed by atoms with van der Waals surface area (Å²) in [7, 11) is 1.54. The smallest absolute Gasteiger partial charge is 0.124 e. The Hall–Kier alpha value is -1.09. The van der Waals surface area contributed by atoms with Crippen molar-refractivity contribution in [2.75, 3.05) is 7.11 Å². The molecule has 1 N–H and O–H groups in total. The molecule has 1 fully saturated rings. The van der Waals surface area contributed by atoms with Gasteiger partial charge in [0.1, 0.15) is 11.6 Å². The number of aliphatic hydroxyl groups excluding tert-OH is 1. The van der Waals surface area contributed by atoms with Gasteiger partial charge < -0.3 is 9.84 Å². The number of hydrogen-bond donors (Lipinski definition) is 1. The third kappa shape index (κ3) is 2.44. The zero-order valence-corrected chi connectivity index (χ0v) is 10.3. The fourth-order valence-corrected chi connectivity index (χ4v) is 2.81. The van der Waals surface area contributed by atoms with Crippen LogP contribution in [0.15, 0.2) is 18.2 Å². The van der Waals surface area contributed by atoms with Gasteiger partial charge in [0.2, 0.25) is 0 Å². The molecule has 1 aliphatic carbocycles. The first-order valence-electron chi connectivity index (χ1n) is 6.15. The van der Waals surface area contributed by atoms with Gasteiger partial charge in [-0.1, -0.05) is 19.8 Å². The lowest BCUT2D eigenvalue weighted by Crippen LogP contribution is -2.16. The molecule has 0 saturated heterocycles. The Bertz CT molecular complexity index is 392. The maximum Gasteiger partial charge on any atom is 0.124 e. The number of ether oxygens (including phenoxy) is 1. The van der Waals surface area contributed by atoms with Crippen molar-refractivity contribution in [1.29, 1.82) is 0 Å². The molecule has 0 radical (unpaired) electrons.